The molecule has 0 aliphatic carbocycles. The minimum atomic E-state index is -0.364. The first-order valence-electron chi connectivity index (χ1n) is 5.66. The topological polar surface area (TPSA) is 49.5 Å². The Morgan fingerprint density at radius 2 is 2.24 bits per heavy atom. The number of nitrogens with zero attached hydrogens (tertiary/aromatic N) is 1. The quantitative estimate of drug-likeness (QED) is 0.783. The van der Waals surface area contributed by atoms with Crippen LogP contribution in [0.25, 0.3) is 0 Å². The van der Waals surface area contributed by atoms with Crippen LogP contribution in [0, 0.1) is 11.7 Å². The van der Waals surface area contributed by atoms with Gasteiger partial charge in [-0.25, -0.2) is 4.39 Å². The Morgan fingerprint density at radius 1 is 1.53 bits per heavy atom. The van der Waals surface area contributed by atoms with Crippen molar-refractivity contribution >= 4 is 27.3 Å². The van der Waals surface area contributed by atoms with E-state index in [0.29, 0.717) is 22.6 Å². The van der Waals surface area contributed by atoms with Gasteiger partial charge in [0.1, 0.15) is 5.82 Å². The molecule has 2 rings (SSSR count). The summed E-state index contributed by atoms with van der Waals surface area (Å²) in [6, 6.07) is 2.98. The molecule has 0 spiro atoms. The van der Waals surface area contributed by atoms with Gasteiger partial charge in [-0.3, -0.25) is 0 Å². The lowest BCUT2D eigenvalue weighted by Gasteiger charge is -2.36. The molecule has 1 fully saturated rings. The molecule has 5 heteroatoms. The molecule has 1 aromatic rings. The lowest BCUT2D eigenvalue weighted by molar-refractivity contribution is 0.103. The van der Waals surface area contributed by atoms with Crippen LogP contribution in [-0.2, 0) is 0 Å². The lowest BCUT2D eigenvalue weighted by Crippen LogP contribution is -2.43. The zero-order valence-electron chi connectivity index (χ0n) is 9.66. The number of β-amino-alcohol motifs (C(OH)–C–C–N with tert-alkyl or cyclic N) is 1. The summed E-state index contributed by atoms with van der Waals surface area (Å²) in [4.78, 5) is 2.00. The maximum Gasteiger partial charge on any atom is 0.139 e. The number of aliphatic hydroxyl groups is 1. The first kappa shape index (κ1) is 12.6. The molecule has 17 heavy (non-hydrogen) atoms. The minimum absolute atomic E-state index is 0.302. The summed E-state index contributed by atoms with van der Waals surface area (Å²) in [5.74, 6) is -0.0615. The van der Waals surface area contributed by atoms with Gasteiger partial charge in [-0.05, 0) is 34.3 Å². The second-order valence-corrected chi connectivity index (χ2v) is 5.46. The van der Waals surface area contributed by atoms with Crippen molar-refractivity contribution in [2.24, 2.45) is 5.92 Å². The van der Waals surface area contributed by atoms with Crippen LogP contribution in [0.5, 0.6) is 0 Å². The third-order valence-corrected chi connectivity index (χ3v) is 3.94. The number of halogens is 2. The number of nitrogens with two attached hydrogens (primary N) is 1. The van der Waals surface area contributed by atoms with Crippen molar-refractivity contribution in [3.63, 3.8) is 0 Å². The van der Waals surface area contributed by atoms with Gasteiger partial charge in [-0.1, -0.05) is 6.92 Å². The third kappa shape index (κ3) is 2.55. The van der Waals surface area contributed by atoms with Crippen LogP contribution in [0.15, 0.2) is 16.6 Å². The molecular formula is C12H16BrFN2O. The van der Waals surface area contributed by atoms with Gasteiger partial charge in [0.2, 0.25) is 0 Å². The van der Waals surface area contributed by atoms with Crippen LogP contribution in [0.2, 0.25) is 0 Å². The Bertz CT molecular complexity index is 427. The highest BCUT2D eigenvalue weighted by atomic mass is 79.9. The molecule has 1 heterocycles. The van der Waals surface area contributed by atoms with E-state index in [-0.39, 0.29) is 11.9 Å². The van der Waals surface area contributed by atoms with Crippen molar-refractivity contribution in [3.05, 3.63) is 22.4 Å². The maximum atomic E-state index is 13.3. The molecule has 1 saturated heterocycles. The fourth-order valence-corrected chi connectivity index (χ4v) is 2.42. The van der Waals surface area contributed by atoms with Crippen LogP contribution in [0.1, 0.15) is 13.3 Å². The molecule has 0 amide bonds. The summed E-state index contributed by atoms with van der Waals surface area (Å²) in [7, 11) is 0. The molecular weight excluding hydrogens is 287 g/mol. The molecule has 0 bridgehead atoms. The van der Waals surface area contributed by atoms with Crippen molar-refractivity contribution in [1.29, 1.82) is 0 Å². The van der Waals surface area contributed by atoms with E-state index in [1.54, 1.807) is 6.07 Å². The van der Waals surface area contributed by atoms with E-state index in [4.69, 9.17) is 5.73 Å². The number of benzene rings is 1. The zero-order chi connectivity index (χ0) is 12.6. The summed E-state index contributed by atoms with van der Waals surface area (Å²) in [6.45, 7) is 3.41. The fraction of sp³-hybridized carbons (Fsp3) is 0.500. The van der Waals surface area contributed by atoms with E-state index in [9.17, 15) is 9.50 Å². The van der Waals surface area contributed by atoms with E-state index in [2.05, 4.69) is 15.9 Å². The summed E-state index contributed by atoms with van der Waals surface area (Å²) in [5.41, 5.74) is 7.01. The van der Waals surface area contributed by atoms with Gasteiger partial charge < -0.3 is 15.7 Å². The fourth-order valence-electron chi connectivity index (χ4n) is 2.09. The van der Waals surface area contributed by atoms with Gasteiger partial charge in [0.05, 0.1) is 22.0 Å². The number of aliphatic hydroxyl groups excluding tert-OH is 1. The predicted octanol–water partition coefficient (Wildman–Crippen LogP) is 2.38. The van der Waals surface area contributed by atoms with Crippen LogP contribution in [0.4, 0.5) is 15.8 Å². The summed E-state index contributed by atoms with van der Waals surface area (Å²) >= 11 is 3.15. The van der Waals surface area contributed by atoms with E-state index < -0.39 is 0 Å². The molecule has 0 saturated carbocycles. The first-order chi connectivity index (χ1) is 7.99. The standard InChI is InChI=1S/C12H16BrFN2O/c1-7-2-3-16(6-12(7)17)11-4-8(13)9(14)5-10(11)15/h4-5,7,12,17H,2-3,6,15H2,1H3. The maximum absolute atomic E-state index is 13.3. The minimum Gasteiger partial charge on any atom is -0.397 e. The van der Waals surface area contributed by atoms with E-state index in [1.807, 2.05) is 11.8 Å². The molecule has 0 aromatic heterocycles. The monoisotopic (exact) mass is 302 g/mol. The molecule has 0 radical (unpaired) electrons. The normalized spacial score (nSPS) is 25.1. The molecule has 2 unspecified atom stereocenters. The van der Waals surface area contributed by atoms with Gasteiger partial charge in [-0.15, -0.1) is 0 Å². The molecule has 3 nitrogen and oxygen atoms in total. The van der Waals surface area contributed by atoms with Crippen molar-refractivity contribution in [2.75, 3.05) is 23.7 Å². The molecule has 1 aliphatic rings. The number of nitrogen functional groups attached to an aromatic ring is 1. The van der Waals surface area contributed by atoms with Crippen molar-refractivity contribution in [2.45, 2.75) is 19.4 Å². The van der Waals surface area contributed by atoms with Crippen molar-refractivity contribution in [1.82, 2.24) is 0 Å². The highest BCUT2D eigenvalue weighted by molar-refractivity contribution is 9.10. The van der Waals surface area contributed by atoms with Gasteiger partial charge >= 0.3 is 0 Å². The number of hydrogen-bond acceptors (Lipinski definition) is 3. The molecule has 1 aliphatic heterocycles. The summed E-state index contributed by atoms with van der Waals surface area (Å²) in [6.07, 6.45) is 0.558. The van der Waals surface area contributed by atoms with Gasteiger partial charge in [-0.2, -0.15) is 0 Å². The Hall–Kier alpha value is -0.810. The highest BCUT2D eigenvalue weighted by Gasteiger charge is 2.25. The first-order valence-corrected chi connectivity index (χ1v) is 6.46. The number of anilines is 2. The second kappa shape index (κ2) is 4.82. The Morgan fingerprint density at radius 3 is 2.88 bits per heavy atom. The highest BCUT2D eigenvalue weighted by Crippen LogP contribution is 2.32. The van der Waals surface area contributed by atoms with Crippen LogP contribution < -0.4 is 10.6 Å². The predicted molar refractivity (Wildman–Crippen MR) is 70.5 cm³/mol. The summed E-state index contributed by atoms with van der Waals surface area (Å²) in [5, 5.41) is 9.86. The zero-order valence-corrected chi connectivity index (χ0v) is 11.2. The van der Waals surface area contributed by atoms with E-state index in [1.165, 1.54) is 6.07 Å². The van der Waals surface area contributed by atoms with E-state index >= 15 is 0 Å². The van der Waals surface area contributed by atoms with Crippen LogP contribution in [-0.4, -0.2) is 24.3 Å². The Balaban J connectivity index is 2.26. The molecule has 1 aromatic carbocycles. The molecule has 94 valence electrons. The SMILES string of the molecule is CC1CCN(c2cc(Br)c(F)cc2N)CC1O. The molecule has 3 N–H and O–H groups in total. The summed E-state index contributed by atoms with van der Waals surface area (Å²) < 4.78 is 13.7. The number of hydrogen-bond donors (Lipinski definition) is 2. The van der Waals surface area contributed by atoms with Gasteiger partial charge in [0, 0.05) is 19.2 Å². The Labute approximate surface area is 109 Å². The van der Waals surface area contributed by atoms with Crippen molar-refractivity contribution in [3.8, 4) is 0 Å². The Kier molecular flexibility index (Phi) is 3.58. The van der Waals surface area contributed by atoms with Gasteiger partial charge in [0.25, 0.3) is 0 Å². The smallest absolute Gasteiger partial charge is 0.139 e. The average Bonchev–Trinajstić information content (AvgIpc) is 2.27. The largest absolute Gasteiger partial charge is 0.397 e. The average molecular weight is 303 g/mol. The number of rotatable bonds is 1. The van der Waals surface area contributed by atoms with Crippen LogP contribution >= 0.6 is 15.9 Å². The second-order valence-electron chi connectivity index (χ2n) is 4.60. The van der Waals surface area contributed by atoms with Crippen molar-refractivity contribution < 1.29 is 9.50 Å². The third-order valence-electron chi connectivity index (χ3n) is 3.33. The lowest BCUT2D eigenvalue weighted by atomic mass is 9.95. The van der Waals surface area contributed by atoms with Gasteiger partial charge in [0.15, 0.2) is 0 Å². The molecule has 2 atom stereocenters. The van der Waals surface area contributed by atoms with E-state index in [0.717, 1.165) is 18.7 Å². The van der Waals surface area contributed by atoms with Crippen LogP contribution in [0.3, 0.4) is 0 Å². The number of piperidine rings is 1.